The molecule has 0 saturated carbocycles. The summed E-state index contributed by atoms with van der Waals surface area (Å²) in [4.78, 5) is 17.8. The number of nitrogens with zero attached hydrogens (tertiary/aromatic N) is 6. The molecule has 0 radical (unpaired) electrons. The van der Waals surface area contributed by atoms with Gasteiger partial charge in [-0.2, -0.15) is 0 Å². The van der Waals surface area contributed by atoms with Crippen LogP contribution in [0.25, 0.3) is 5.65 Å². The standard InChI is InChI=1S/C20H30N6O3/c1-28-12-10-24-7-4-16(5-8-24)14-25(15-18-3-2-11-29-18)20(27)17-6-9-26-19(13-17)21-22-23-26/h6,9,13,16,18H,2-5,7-8,10-12,14-15H2,1H3/t18-/m0/s1. The summed E-state index contributed by atoms with van der Waals surface area (Å²) >= 11 is 0. The summed E-state index contributed by atoms with van der Waals surface area (Å²) in [6.07, 6.45) is 6.17. The molecule has 0 aromatic carbocycles. The van der Waals surface area contributed by atoms with Crippen molar-refractivity contribution in [1.82, 2.24) is 29.8 Å². The Morgan fingerprint density at radius 2 is 2.17 bits per heavy atom. The molecule has 2 aliphatic heterocycles. The number of tetrazole rings is 1. The van der Waals surface area contributed by atoms with Crippen LogP contribution in [-0.2, 0) is 9.47 Å². The van der Waals surface area contributed by atoms with Crippen LogP contribution in [0, 0.1) is 5.92 Å². The maximum absolute atomic E-state index is 13.3. The fraction of sp³-hybridized carbons (Fsp3) is 0.700. The number of aromatic nitrogens is 4. The van der Waals surface area contributed by atoms with Crippen LogP contribution in [0.3, 0.4) is 0 Å². The van der Waals surface area contributed by atoms with Gasteiger partial charge in [-0.05, 0) is 67.3 Å². The molecule has 2 aliphatic rings. The third kappa shape index (κ3) is 5.09. The normalized spacial score (nSPS) is 21.1. The van der Waals surface area contributed by atoms with Gasteiger partial charge in [-0.3, -0.25) is 4.79 Å². The SMILES string of the molecule is COCCN1CCC(CN(C[C@@H]2CCCO2)C(=O)c2ccn3nnnc3c2)CC1. The van der Waals surface area contributed by atoms with Gasteiger partial charge in [0.2, 0.25) is 0 Å². The second-order valence-corrected chi connectivity index (χ2v) is 8.02. The van der Waals surface area contributed by atoms with E-state index in [1.807, 2.05) is 4.90 Å². The van der Waals surface area contributed by atoms with Crippen molar-refractivity contribution in [2.24, 2.45) is 5.92 Å². The van der Waals surface area contributed by atoms with Gasteiger partial charge in [0.05, 0.1) is 12.7 Å². The highest BCUT2D eigenvalue weighted by molar-refractivity contribution is 5.95. The van der Waals surface area contributed by atoms with Crippen molar-refractivity contribution < 1.29 is 14.3 Å². The van der Waals surface area contributed by atoms with Crippen LogP contribution >= 0.6 is 0 Å². The fourth-order valence-corrected chi connectivity index (χ4v) is 4.25. The molecule has 2 aromatic rings. The highest BCUT2D eigenvalue weighted by Gasteiger charge is 2.28. The zero-order valence-electron chi connectivity index (χ0n) is 17.1. The van der Waals surface area contributed by atoms with E-state index in [0.29, 0.717) is 23.7 Å². The van der Waals surface area contributed by atoms with Crippen molar-refractivity contribution in [3.8, 4) is 0 Å². The van der Waals surface area contributed by atoms with Crippen LogP contribution < -0.4 is 0 Å². The van der Waals surface area contributed by atoms with Crippen molar-refractivity contribution in [3.05, 3.63) is 23.9 Å². The average molecular weight is 402 g/mol. The van der Waals surface area contributed by atoms with Crippen LogP contribution in [0.5, 0.6) is 0 Å². The Labute approximate surface area is 170 Å². The van der Waals surface area contributed by atoms with Crippen LogP contribution in [0.2, 0.25) is 0 Å². The van der Waals surface area contributed by atoms with Crippen molar-refractivity contribution in [2.75, 3.05) is 53.0 Å². The Kier molecular flexibility index (Phi) is 6.68. The lowest BCUT2D eigenvalue weighted by atomic mass is 9.95. The number of amides is 1. The molecular formula is C20H30N6O3. The minimum Gasteiger partial charge on any atom is -0.383 e. The van der Waals surface area contributed by atoms with E-state index in [2.05, 4.69) is 20.4 Å². The quantitative estimate of drug-likeness (QED) is 0.654. The summed E-state index contributed by atoms with van der Waals surface area (Å²) in [6.45, 7) is 6.09. The molecule has 0 N–H and O–H groups in total. The van der Waals surface area contributed by atoms with Crippen molar-refractivity contribution in [1.29, 1.82) is 0 Å². The van der Waals surface area contributed by atoms with Gasteiger partial charge in [-0.1, -0.05) is 0 Å². The Morgan fingerprint density at radius 1 is 1.31 bits per heavy atom. The lowest BCUT2D eigenvalue weighted by Crippen LogP contribution is -2.44. The number of rotatable bonds is 8. The molecule has 4 rings (SSSR count). The molecule has 2 saturated heterocycles. The number of hydrogen-bond donors (Lipinski definition) is 0. The maximum Gasteiger partial charge on any atom is 0.254 e. The lowest BCUT2D eigenvalue weighted by molar-refractivity contribution is 0.0437. The first kappa shape index (κ1) is 20.2. The molecule has 0 bridgehead atoms. The molecule has 0 aliphatic carbocycles. The Hall–Kier alpha value is -2.10. The molecule has 2 aromatic heterocycles. The van der Waals surface area contributed by atoms with E-state index < -0.39 is 0 Å². The van der Waals surface area contributed by atoms with Crippen LogP contribution in [0.15, 0.2) is 18.3 Å². The van der Waals surface area contributed by atoms with E-state index in [1.54, 1.807) is 30.0 Å². The van der Waals surface area contributed by atoms with E-state index in [1.165, 1.54) is 0 Å². The molecule has 1 amide bonds. The largest absolute Gasteiger partial charge is 0.383 e. The Balaban J connectivity index is 1.42. The van der Waals surface area contributed by atoms with Crippen LogP contribution in [0.1, 0.15) is 36.0 Å². The van der Waals surface area contributed by atoms with Gasteiger partial charge >= 0.3 is 0 Å². The number of pyridine rings is 1. The number of carbonyl (C=O) groups excluding carboxylic acids is 1. The summed E-state index contributed by atoms with van der Waals surface area (Å²) in [7, 11) is 1.74. The second-order valence-electron chi connectivity index (χ2n) is 8.02. The smallest absolute Gasteiger partial charge is 0.254 e. The number of piperidine rings is 1. The van der Waals surface area contributed by atoms with Crippen molar-refractivity contribution in [2.45, 2.75) is 31.8 Å². The van der Waals surface area contributed by atoms with E-state index >= 15 is 0 Å². The molecule has 0 spiro atoms. The molecule has 9 heteroatoms. The molecule has 9 nitrogen and oxygen atoms in total. The summed E-state index contributed by atoms with van der Waals surface area (Å²) < 4.78 is 12.6. The number of likely N-dealkylation sites (tertiary alicyclic amines) is 1. The van der Waals surface area contributed by atoms with Crippen molar-refractivity contribution >= 4 is 11.6 Å². The van der Waals surface area contributed by atoms with E-state index in [-0.39, 0.29) is 12.0 Å². The number of methoxy groups -OCH3 is 1. The molecule has 0 unspecified atom stereocenters. The summed E-state index contributed by atoms with van der Waals surface area (Å²) in [5, 5.41) is 11.5. The van der Waals surface area contributed by atoms with Gasteiger partial charge in [-0.15, -0.1) is 5.10 Å². The average Bonchev–Trinajstić information content (AvgIpc) is 3.43. The molecule has 158 valence electrons. The predicted octanol–water partition coefficient (Wildman–Crippen LogP) is 1.10. The summed E-state index contributed by atoms with van der Waals surface area (Å²) in [6, 6.07) is 3.56. The second kappa shape index (κ2) is 9.60. The lowest BCUT2D eigenvalue weighted by Gasteiger charge is -2.35. The van der Waals surface area contributed by atoms with Gasteiger partial charge in [0, 0.05) is 45.1 Å². The van der Waals surface area contributed by atoms with E-state index in [0.717, 1.165) is 65.1 Å². The van der Waals surface area contributed by atoms with Crippen LogP contribution in [0.4, 0.5) is 0 Å². The number of hydrogen-bond acceptors (Lipinski definition) is 7. The van der Waals surface area contributed by atoms with Crippen molar-refractivity contribution in [3.63, 3.8) is 0 Å². The zero-order chi connectivity index (χ0) is 20.1. The topological polar surface area (TPSA) is 85.1 Å². The summed E-state index contributed by atoms with van der Waals surface area (Å²) in [5.41, 5.74) is 1.21. The highest BCUT2D eigenvalue weighted by Crippen LogP contribution is 2.22. The number of fused-ring (bicyclic) bond motifs is 1. The zero-order valence-corrected chi connectivity index (χ0v) is 17.1. The van der Waals surface area contributed by atoms with E-state index in [9.17, 15) is 4.79 Å². The molecular weight excluding hydrogens is 372 g/mol. The summed E-state index contributed by atoms with van der Waals surface area (Å²) in [5.74, 6) is 0.547. The molecule has 4 heterocycles. The third-order valence-electron chi connectivity index (χ3n) is 5.98. The number of carbonyl (C=O) groups is 1. The van der Waals surface area contributed by atoms with Gasteiger partial charge in [0.1, 0.15) is 0 Å². The number of ether oxygens (including phenoxy) is 2. The maximum atomic E-state index is 13.3. The minimum absolute atomic E-state index is 0.0350. The van der Waals surface area contributed by atoms with E-state index in [4.69, 9.17) is 9.47 Å². The Bertz CT molecular complexity index is 798. The van der Waals surface area contributed by atoms with Gasteiger partial charge in [-0.25, -0.2) is 4.52 Å². The molecule has 29 heavy (non-hydrogen) atoms. The fourth-order valence-electron chi connectivity index (χ4n) is 4.25. The molecule has 2 fully saturated rings. The van der Waals surface area contributed by atoms with Gasteiger partial charge < -0.3 is 19.3 Å². The Morgan fingerprint density at radius 3 is 2.93 bits per heavy atom. The third-order valence-corrected chi connectivity index (χ3v) is 5.98. The monoisotopic (exact) mass is 402 g/mol. The predicted molar refractivity (Wildman–Crippen MR) is 107 cm³/mol. The van der Waals surface area contributed by atoms with Gasteiger partial charge in [0.25, 0.3) is 5.91 Å². The van der Waals surface area contributed by atoms with Gasteiger partial charge in [0.15, 0.2) is 5.65 Å². The molecule has 1 atom stereocenters. The first-order valence-electron chi connectivity index (χ1n) is 10.5. The van der Waals surface area contributed by atoms with Crippen LogP contribution in [-0.4, -0.2) is 94.9 Å². The minimum atomic E-state index is 0.0350. The highest BCUT2D eigenvalue weighted by atomic mass is 16.5. The first-order chi connectivity index (χ1) is 14.2. The first-order valence-corrected chi connectivity index (χ1v) is 10.5.